The van der Waals surface area contributed by atoms with Crippen LogP contribution >= 0.6 is 0 Å². The third-order valence-corrected chi connectivity index (χ3v) is 9.07. The van der Waals surface area contributed by atoms with Crippen LogP contribution in [0.2, 0.25) is 0 Å². The van der Waals surface area contributed by atoms with Crippen molar-refractivity contribution in [2.45, 2.75) is 56.4 Å². The monoisotopic (exact) mass is 640 g/mol. The molecule has 47 heavy (non-hydrogen) atoms. The van der Waals surface area contributed by atoms with E-state index in [0.717, 1.165) is 29.7 Å². The Morgan fingerprint density at radius 1 is 0.766 bits per heavy atom. The number of carboxylic acids is 1. The number of ketones is 1. The summed E-state index contributed by atoms with van der Waals surface area (Å²) in [6.07, 6.45) is -1.58. The van der Waals surface area contributed by atoms with E-state index in [-0.39, 0.29) is 29.7 Å². The van der Waals surface area contributed by atoms with Gasteiger partial charge in [0.2, 0.25) is 0 Å². The molecule has 9 heteroatoms. The van der Waals surface area contributed by atoms with E-state index in [9.17, 15) is 32.7 Å². The van der Waals surface area contributed by atoms with Crippen LogP contribution in [0.25, 0.3) is 22.3 Å². The zero-order chi connectivity index (χ0) is 33.1. The molecule has 1 aliphatic carbocycles. The lowest BCUT2D eigenvalue weighted by Crippen LogP contribution is -2.61. The number of benzene rings is 4. The molecule has 0 radical (unpaired) electrons. The molecule has 242 valence electrons. The summed E-state index contributed by atoms with van der Waals surface area (Å²) in [7, 11) is 0. The van der Waals surface area contributed by atoms with E-state index in [4.69, 9.17) is 0 Å². The Labute approximate surface area is 271 Å². The van der Waals surface area contributed by atoms with Crippen LogP contribution in [0.3, 0.4) is 0 Å². The van der Waals surface area contributed by atoms with Gasteiger partial charge in [0.1, 0.15) is 12.1 Å². The van der Waals surface area contributed by atoms with E-state index in [1.165, 1.54) is 29.2 Å². The average molecular weight is 641 g/mol. The largest absolute Gasteiger partial charge is 0.480 e. The number of hydrogen-bond acceptors (Lipinski definition) is 4. The molecule has 6 nitrogen and oxygen atoms in total. The molecule has 1 heterocycles. The molecule has 3 atom stereocenters. The minimum Gasteiger partial charge on any atom is -0.480 e. The highest BCUT2D eigenvalue weighted by molar-refractivity contribution is 6.01. The molecule has 6 rings (SSSR count). The van der Waals surface area contributed by atoms with Gasteiger partial charge in [-0.1, -0.05) is 78.9 Å². The standard InChI is InChI=1S/C38H35F3N2O4/c39-38(40,41)31-20-18-28(19-21-31)27-12-16-30(17-13-27)36(45)43(34(32-7-4-22-42-32)35(44)29-14-15-29)33(37(46)47)23-24-8-10-26(11-9-24)25-5-2-1-3-6-25/h1-3,5-6,8-13,16-21,29,32-34,42H,4,7,14-15,22-23H2,(H,46,47)/t32-,33+,34?/m1/s1. The van der Waals surface area contributed by atoms with Crippen molar-refractivity contribution < 1.29 is 32.7 Å². The van der Waals surface area contributed by atoms with Gasteiger partial charge in [0.15, 0.2) is 5.78 Å². The highest BCUT2D eigenvalue weighted by Gasteiger charge is 2.47. The number of alkyl halides is 3. The maximum atomic E-state index is 14.4. The second-order valence-electron chi connectivity index (χ2n) is 12.3. The summed E-state index contributed by atoms with van der Waals surface area (Å²) in [4.78, 5) is 42.6. The molecule has 2 aliphatic rings. The van der Waals surface area contributed by atoms with E-state index < -0.39 is 35.7 Å². The van der Waals surface area contributed by atoms with E-state index in [2.05, 4.69) is 5.32 Å². The van der Waals surface area contributed by atoms with Crippen LogP contribution in [-0.2, 0) is 22.2 Å². The Bertz CT molecular complexity index is 1710. The molecule has 2 fully saturated rings. The fourth-order valence-electron chi connectivity index (χ4n) is 6.38. The number of carboxylic acid groups (broad SMARTS) is 1. The summed E-state index contributed by atoms with van der Waals surface area (Å²) < 4.78 is 39.2. The normalized spacial score (nSPS) is 17.6. The van der Waals surface area contributed by atoms with E-state index in [1.807, 2.05) is 54.6 Å². The first kappa shape index (κ1) is 32.2. The summed E-state index contributed by atoms with van der Waals surface area (Å²) in [5.41, 5.74) is 3.27. The Morgan fingerprint density at radius 3 is 1.83 bits per heavy atom. The fraction of sp³-hybridized carbons (Fsp3) is 0.289. The smallest absolute Gasteiger partial charge is 0.416 e. The summed E-state index contributed by atoms with van der Waals surface area (Å²) in [6.45, 7) is 0.668. The van der Waals surface area contributed by atoms with E-state index >= 15 is 0 Å². The molecule has 4 aromatic rings. The van der Waals surface area contributed by atoms with Gasteiger partial charge in [-0.15, -0.1) is 0 Å². The maximum Gasteiger partial charge on any atom is 0.416 e. The first-order valence-electron chi connectivity index (χ1n) is 15.8. The second kappa shape index (κ2) is 13.5. The molecule has 1 unspecified atom stereocenters. The number of halogens is 3. The van der Waals surface area contributed by atoms with Crippen molar-refractivity contribution in [3.63, 3.8) is 0 Å². The molecule has 0 aromatic heterocycles. The van der Waals surface area contributed by atoms with Gasteiger partial charge in [0.25, 0.3) is 5.91 Å². The summed E-state index contributed by atoms with van der Waals surface area (Å²) in [5, 5.41) is 14.0. The van der Waals surface area contributed by atoms with Crippen LogP contribution < -0.4 is 5.32 Å². The highest BCUT2D eigenvalue weighted by Crippen LogP contribution is 2.36. The summed E-state index contributed by atoms with van der Waals surface area (Å²) >= 11 is 0. The maximum absolute atomic E-state index is 14.4. The molecule has 1 amide bonds. The Hall–Kier alpha value is -4.76. The first-order valence-corrected chi connectivity index (χ1v) is 15.8. The van der Waals surface area contributed by atoms with Gasteiger partial charge in [0, 0.05) is 23.9 Å². The molecule has 0 spiro atoms. The zero-order valence-electron chi connectivity index (χ0n) is 25.6. The minimum atomic E-state index is -4.45. The number of nitrogens with one attached hydrogen (secondary N) is 1. The van der Waals surface area contributed by atoms with Crippen molar-refractivity contribution in [2.75, 3.05) is 6.54 Å². The summed E-state index contributed by atoms with van der Waals surface area (Å²) in [5.74, 6) is -2.12. The van der Waals surface area contributed by atoms with Gasteiger partial charge in [-0.05, 0) is 84.3 Å². The van der Waals surface area contributed by atoms with Crippen molar-refractivity contribution in [2.24, 2.45) is 5.92 Å². The van der Waals surface area contributed by atoms with Crippen LogP contribution in [0.15, 0.2) is 103 Å². The van der Waals surface area contributed by atoms with Crippen molar-refractivity contribution in [1.82, 2.24) is 10.2 Å². The van der Waals surface area contributed by atoms with Crippen LogP contribution in [0, 0.1) is 5.92 Å². The molecule has 2 N–H and O–H groups in total. The number of carbonyl (C=O) groups is 3. The number of hydrogen-bond donors (Lipinski definition) is 2. The van der Waals surface area contributed by atoms with Crippen molar-refractivity contribution in [3.8, 4) is 22.3 Å². The molecular formula is C38H35F3N2O4. The van der Waals surface area contributed by atoms with Crippen molar-refractivity contribution >= 4 is 17.7 Å². The van der Waals surface area contributed by atoms with Crippen LogP contribution in [0.4, 0.5) is 13.2 Å². The van der Waals surface area contributed by atoms with Gasteiger partial charge in [0.05, 0.1) is 5.56 Å². The Balaban J connectivity index is 1.33. The third-order valence-electron chi connectivity index (χ3n) is 9.07. The SMILES string of the molecule is O=C(C1CC1)C([C@H]1CCCN1)N(C(=O)c1ccc(-c2ccc(C(F)(F)F)cc2)cc1)[C@@H](Cc1ccc(-c2ccccc2)cc1)C(=O)O. The van der Waals surface area contributed by atoms with E-state index in [1.54, 1.807) is 12.1 Å². The van der Waals surface area contributed by atoms with Crippen LogP contribution in [0.5, 0.6) is 0 Å². The highest BCUT2D eigenvalue weighted by atomic mass is 19.4. The van der Waals surface area contributed by atoms with Crippen LogP contribution in [0.1, 0.15) is 47.2 Å². The molecule has 1 aliphatic heterocycles. The predicted molar refractivity (Wildman–Crippen MR) is 173 cm³/mol. The molecule has 4 aromatic carbocycles. The van der Waals surface area contributed by atoms with E-state index in [0.29, 0.717) is 42.5 Å². The lowest BCUT2D eigenvalue weighted by Gasteiger charge is -2.39. The third kappa shape index (κ3) is 7.30. The average Bonchev–Trinajstić information content (AvgIpc) is 3.80. The minimum absolute atomic E-state index is 0.000940. The Morgan fingerprint density at radius 2 is 1.32 bits per heavy atom. The second-order valence-corrected chi connectivity index (χ2v) is 12.3. The van der Waals surface area contributed by atoms with Crippen molar-refractivity contribution in [3.05, 3.63) is 120 Å². The van der Waals surface area contributed by atoms with Gasteiger partial charge in [-0.25, -0.2) is 4.79 Å². The molecule has 1 saturated heterocycles. The fourth-order valence-corrected chi connectivity index (χ4v) is 6.38. The molecule has 0 bridgehead atoms. The van der Waals surface area contributed by atoms with Gasteiger partial charge in [-0.3, -0.25) is 9.59 Å². The van der Waals surface area contributed by atoms with Gasteiger partial charge < -0.3 is 15.3 Å². The number of rotatable bonds is 11. The molecular weight excluding hydrogens is 605 g/mol. The number of nitrogens with zero attached hydrogens (tertiary/aromatic N) is 1. The number of carbonyl (C=O) groups excluding carboxylic acids is 2. The lowest BCUT2D eigenvalue weighted by molar-refractivity contribution is -0.144. The predicted octanol–water partition coefficient (Wildman–Crippen LogP) is 7.28. The zero-order valence-corrected chi connectivity index (χ0v) is 25.6. The quantitative estimate of drug-likeness (QED) is 0.180. The van der Waals surface area contributed by atoms with Gasteiger partial charge >= 0.3 is 12.1 Å². The number of Topliss-reactive ketones (excluding diaryl/α,β-unsaturated/α-hetero) is 1. The summed E-state index contributed by atoms with van der Waals surface area (Å²) in [6, 6.07) is 25.7. The molecule has 1 saturated carbocycles. The number of amides is 1. The Kier molecular flexibility index (Phi) is 9.27. The first-order chi connectivity index (χ1) is 22.6. The number of aliphatic carboxylic acids is 1. The van der Waals surface area contributed by atoms with Crippen molar-refractivity contribution in [1.29, 1.82) is 0 Å². The lowest BCUT2D eigenvalue weighted by atomic mass is 9.92. The topological polar surface area (TPSA) is 86.7 Å². The van der Waals surface area contributed by atoms with Gasteiger partial charge in [-0.2, -0.15) is 13.2 Å². The van der Waals surface area contributed by atoms with Crippen LogP contribution in [-0.4, -0.2) is 52.3 Å².